The van der Waals surface area contributed by atoms with Gasteiger partial charge in [0.15, 0.2) is 0 Å². The second-order valence-electron chi connectivity index (χ2n) is 2.38. The number of rotatable bonds is 0. The predicted molar refractivity (Wildman–Crippen MR) is 53.9 cm³/mol. The summed E-state index contributed by atoms with van der Waals surface area (Å²) in [4.78, 5) is 2.00. The van der Waals surface area contributed by atoms with Crippen molar-refractivity contribution in [3.63, 3.8) is 0 Å². The van der Waals surface area contributed by atoms with E-state index in [0.717, 1.165) is 0 Å². The molecule has 0 amide bonds. The fourth-order valence-corrected chi connectivity index (χ4v) is 0.321. The molecule has 0 saturated heterocycles. The summed E-state index contributed by atoms with van der Waals surface area (Å²) in [6.07, 6.45) is 10.0. The van der Waals surface area contributed by atoms with Gasteiger partial charge in [0.2, 0.25) is 0 Å². The molecule has 0 aromatic heterocycles. The van der Waals surface area contributed by atoms with Gasteiger partial charge in [0, 0.05) is 6.42 Å². The van der Waals surface area contributed by atoms with Gasteiger partial charge in [-0.25, -0.2) is 0 Å². The first-order valence-electron chi connectivity index (χ1n) is 3.39. The normalized spacial score (nSPS) is 11.5. The second kappa shape index (κ2) is 14.3. The van der Waals surface area contributed by atoms with Crippen LogP contribution in [0, 0.1) is 6.42 Å². The molecule has 4 heteroatoms. The van der Waals surface area contributed by atoms with Crippen LogP contribution in [0.5, 0.6) is 0 Å². The van der Waals surface area contributed by atoms with Gasteiger partial charge in [0.05, 0.1) is 0 Å². The third kappa shape index (κ3) is 30.9. The summed E-state index contributed by atoms with van der Waals surface area (Å²) in [6.45, 7) is 0. The third-order valence-electron chi connectivity index (χ3n) is 0.556. The van der Waals surface area contributed by atoms with Gasteiger partial charge in [-0.05, 0) is 21.1 Å². The Bertz CT molecular complexity index is 111. The molecule has 0 aromatic carbocycles. The number of halogens is 2. The molecule has 0 fully saturated rings. The first kappa shape index (κ1) is 15.2. The molecule has 0 unspecified atom stereocenters. The molecule has 1 aliphatic carbocycles. The molecular weight excluding hydrogens is 229 g/mol. The Hall–Kier alpha value is 0.734. The monoisotopic (exact) mass is 242 g/mol. The molecule has 1 rings (SSSR count). The summed E-state index contributed by atoms with van der Waals surface area (Å²) >= 11 is -0.556. The maximum absolute atomic E-state index is 4.89. The van der Waals surface area contributed by atoms with E-state index in [-0.39, 0.29) is 0 Å². The van der Waals surface area contributed by atoms with Crippen LogP contribution >= 0.6 is 18.6 Å². The minimum absolute atomic E-state index is 0.556. The summed E-state index contributed by atoms with van der Waals surface area (Å²) < 4.78 is 0. The van der Waals surface area contributed by atoms with Crippen LogP contribution in [0.1, 0.15) is 0 Å². The maximum atomic E-state index is 4.89. The molecule has 1 nitrogen and oxygen atoms in total. The van der Waals surface area contributed by atoms with Crippen LogP contribution in [0.4, 0.5) is 0 Å². The van der Waals surface area contributed by atoms with Gasteiger partial charge in [0.25, 0.3) is 0 Å². The van der Waals surface area contributed by atoms with Gasteiger partial charge in [-0.2, -0.15) is 0 Å². The molecule has 0 spiro atoms. The van der Waals surface area contributed by atoms with E-state index in [2.05, 4.69) is 0 Å². The van der Waals surface area contributed by atoms with Gasteiger partial charge in [0.1, 0.15) is 0 Å². The number of hydrogen-bond acceptors (Lipinski definition) is 1. The zero-order valence-electron chi connectivity index (χ0n) is 7.59. The SMILES string of the molecule is CN(C)C.[CH]1C=CC=C1.[Cl][Ti][Cl]. The van der Waals surface area contributed by atoms with E-state index in [1.165, 1.54) is 0 Å². The van der Waals surface area contributed by atoms with Crippen molar-refractivity contribution in [1.29, 1.82) is 0 Å². The summed E-state index contributed by atoms with van der Waals surface area (Å²) in [5, 5.41) is 0. The van der Waals surface area contributed by atoms with Gasteiger partial charge >= 0.3 is 35.6 Å². The molecule has 0 saturated carbocycles. The fourth-order valence-electron chi connectivity index (χ4n) is 0.321. The van der Waals surface area contributed by atoms with Crippen LogP contribution < -0.4 is 0 Å². The van der Waals surface area contributed by atoms with Crippen molar-refractivity contribution in [2.24, 2.45) is 0 Å². The molecule has 0 bridgehead atoms. The zero-order valence-corrected chi connectivity index (χ0v) is 10.7. The molecule has 12 heavy (non-hydrogen) atoms. The van der Waals surface area contributed by atoms with E-state index in [1.54, 1.807) is 0 Å². The average molecular weight is 243 g/mol. The Morgan fingerprint density at radius 3 is 1.25 bits per heavy atom. The van der Waals surface area contributed by atoms with Crippen LogP contribution in [0.25, 0.3) is 0 Å². The van der Waals surface area contributed by atoms with Crippen LogP contribution in [0.15, 0.2) is 24.3 Å². The summed E-state index contributed by atoms with van der Waals surface area (Å²) in [5.74, 6) is 0. The Morgan fingerprint density at radius 2 is 1.17 bits per heavy atom. The van der Waals surface area contributed by atoms with Crippen LogP contribution in [0.2, 0.25) is 0 Å². The van der Waals surface area contributed by atoms with Gasteiger partial charge in [-0.1, -0.05) is 24.3 Å². The molecule has 0 aliphatic heterocycles. The molecule has 0 aromatic rings. The van der Waals surface area contributed by atoms with E-state index < -0.39 is 17.0 Å². The number of nitrogens with zero attached hydrogens (tertiary/aromatic N) is 1. The standard InChI is InChI=1S/C5H5.C3H9N.2ClH.Ti/c1-2-4-5-3-1;1-4(2)3;;;/h1-5H;1-3H3;2*1H;/q;;;;+2/p-2. The summed E-state index contributed by atoms with van der Waals surface area (Å²) in [6, 6.07) is 0. The molecule has 0 N–H and O–H groups in total. The first-order chi connectivity index (χ1) is 5.65. The van der Waals surface area contributed by atoms with Gasteiger partial charge < -0.3 is 4.90 Å². The summed E-state index contributed by atoms with van der Waals surface area (Å²) in [7, 11) is 15.8. The second-order valence-corrected chi connectivity index (χ2v) is 4.95. The summed E-state index contributed by atoms with van der Waals surface area (Å²) in [5.41, 5.74) is 0. The molecule has 0 atom stereocenters. The Labute approximate surface area is 92.1 Å². The Kier molecular flexibility index (Phi) is 18.1. The van der Waals surface area contributed by atoms with E-state index in [1.807, 2.05) is 56.8 Å². The van der Waals surface area contributed by atoms with Crippen molar-refractivity contribution >= 4 is 18.6 Å². The van der Waals surface area contributed by atoms with Crippen molar-refractivity contribution < 1.29 is 17.0 Å². The molecule has 69 valence electrons. The van der Waals surface area contributed by atoms with Crippen molar-refractivity contribution in [2.75, 3.05) is 21.1 Å². The first-order valence-corrected chi connectivity index (χ1v) is 7.68. The van der Waals surface area contributed by atoms with Crippen molar-refractivity contribution in [3.05, 3.63) is 30.7 Å². The number of hydrogen-bond donors (Lipinski definition) is 0. The van der Waals surface area contributed by atoms with Crippen LogP contribution in [-0.4, -0.2) is 26.0 Å². The fraction of sp³-hybridized carbons (Fsp3) is 0.375. The molecule has 0 heterocycles. The van der Waals surface area contributed by atoms with Crippen molar-refractivity contribution in [2.45, 2.75) is 0 Å². The Balaban J connectivity index is 0. The van der Waals surface area contributed by atoms with Crippen molar-refractivity contribution in [3.8, 4) is 0 Å². The quantitative estimate of drug-likeness (QED) is 0.591. The van der Waals surface area contributed by atoms with E-state index >= 15 is 0 Å². The van der Waals surface area contributed by atoms with E-state index in [0.29, 0.717) is 0 Å². The molecular formula is C8H14Cl2NTi. The van der Waals surface area contributed by atoms with E-state index in [4.69, 9.17) is 18.6 Å². The third-order valence-corrected chi connectivity index (χ3v) is 0.556. The van der Waals surface area contributed by atoms with Gasteiger partial charge in [-0.3, -0.25) is 0 Å². The average Bonchev–Trinajstić information content (AvgIpc) is 2.40. The minimum atomic E-state index is -0.556. The topological polar surface area (TPSA) is 3.24 Å². The van der Waals surface area contributed by atoms with Gasteiger partial charge in [-0.15, -0.1) is 0 Å². The molecule has 1 aliphatic rings. The Morgan fingerprint density at radius 1 is 0.917 bits per heavy atom. The van der Waals surface area contributed by atoms with Crippen LogP contribution in [0.3, 0.4) is 0 Å². The van der Waals surface area contributed by atoms with E-state index in [9.17, 15) is 0 Å². The van der Waals surface area contributed by atoms with Crippen molar-refractivity contribution in [1.82, 2.24) is 4.90 Å². The van der Waals surface area contributed by atoms with Crippen LogP contribution in [-0.2, 0) is 17.0 Å². The predicted octanol–water partition coefficient (Wildman–Crippen LogP) is 2.87. The molecule has 1 radical (unpaired) electrons. The number of allylic oxidation sites excluding steroid dienone is 4. The zero-order chi connectivity index (χ0) is 9.82.